The van der Waals surface area contributed by atoms with Gasteiger partial charge in [-0.2, -0.15) is 0 Å². The number of piperazine rings is 1. The number of nitrogens with zero attached hydrogens (tertiary/aromatic N) is 2. The number of rotatable bonds is 1. The fourth-order valence-corrected chi connectivity index (χ4v) is 2.41. The quantitative estimate of drug-likeness (QED) is 0.685. The highest BCUT2D eigenvalue weighted by molar-refractivity contribution is 5.85. The number of carboxylic acid groups (broad SMARTS) is 1. The molecule has 0 bridgehead atoms. The van der Waals surface area contributed by atoms with Crippen LogP contribution >= 0.6 is 0 Å². The van der Waals surface area contributed by atoms with Gasteiger partial charge in [-0.1, -0.05) is 0 Å². The molecule has 2 N–H and O–H groups in total. The molecule has 0 aliphatic carbocycles. The van der Waals surface area contributed by atoms with E-state index in [1.165, 1.54) is 4.90 Å². The zero-order chi connectivity index (χ0) is 14.0. The Balaban J connectivity index is 1.92. The molecule has 0 saturated carbocycles. The number of likely N-dealkylation sites (tertiary alicyclic amines) is 1. The second-order valence-electron chi connectivity index (χ2n) is 5.41. The Kier molecular flexibility index (Phi) is 3.64. The van der Waals surface area contributed by atoms with Crippen LogP contribution in [-0.2, 0) is 9.59 Å². The smallest absolute Gasteiger partial charge is 0.320 e. The molecule has 0 radical (unpaired) electrons. The molecule has 2 rings (SSSR count). The van der Waals surface area contributed by atoms with Crippen LogP contribution in [0.4, 0.5) is 4.79 Å². The van der Waals surface area contributed by atoms with Crippen molar-refractivity contribution in [3.8, 4) is 0 Å². The van der Waals surface area contributed by atoms with E-state index >= 15 is 0 Å². The Morgan fingerprint density at radius 2 is 1.84 bits per heavy atom. The van der Waals surface area contributed by atoms with Crippen LogP contribution < -0.4 is 5.32 Å². The van der Waals surface area contributed by atoms with Crippen LogP contribution in [0.3, 0.4) is 0 Å². The molecule has 3 amide bonds. The van der Waals surface area contributed by atoms with Crippen molar-refractivity contribution in [2.45, 2.75) is 19.8 Å². The van der Waals surface area contributed by atoms with Crippen molar-refractivity contribution in [2.24, 2.45) is 5.41 Å². The summed E-state index contributed by atoms with van der Waals surface area (Å²) in [5.74, 6) is -0.955. The van der Waals surface area contributed by atoms with Crippen LogP contribution in [0.15, 0.2) is 0 Å². The minimum absolute atomic E-state index is 0.0888. The molecule has 2 fully saturated rings. The van der Waals surface area contributed by atoms with Crippen molar-refractivity contribution < 1.29 is 19.5 Å². The van der Waals surface area contributed by atoms with Crippen LogP contribution in [0, 0.1) is 5.41 Å². The van der Waals surface area contributed by atoms with Crippen LogP contribution in [0.25, 0.3) is 0 Å². The minimum Gasteiger partial charge on any atom is -0.481 e. The first-order valence-corrected chi connectivity index (χ1v) is 6.46. The summed E-state index contributed by atoms with van der Waals surface area (Å²) < 4.78 is 0. The van der Waals surface area contributed by atoms with E-state index in [0.717, 1.165) is 0 Å². The number of carbonyl (C=O) groups excluding carboxylic acids is 2. The fraction of sp³-hybridized carbons (Fsp3) is 0.750. The van der Waals surface area contributed by atoms with Gasteiger partial charge in [-0.3, -0.25) is 9.59 Å². The molecule has 7 nitrogen and oxygen atoms in total. The standard InChI is InChI=1S/C12H19N3O4/c1-12(10(17)18)2-5-14(6-3-12)11(19)15-7-4-13-9(16)8-15/h2-8H2,1H3,(H,13,16)(H,17,18). The Bertz CT molecular complexity index is 402. The van der Waals surface area contributed by atoms with E-state index in [1.807, 2.05) is 0 Å². The Labute approximate surface area is 111 Å². The third kappa shape index (κ3) is 2.80. The maximum Gasteiger partial charge on any atom is 0.320 e. The zero-order valence-electron chi connectivity index (χ0n) is 11.0. The van der Waals surface area contributed by atoms with Crippen molar-refractivity contribution >= 4 is 17.9 Å². The average molecular weight is 269 g/mol. The molecule has 0 atom stereocenters. The Hall–Kier alpha value is -1.79. The maximum atomic E-state index is 12.2. The Morgan fingerprint density at radius 3 is 2.37 bits per heavy atom. The van der Waals surface area contributed by atoms with Gasteiger partial charge < -0.3 is 20.2 Å². The van der Waals surface area contributed by atoms with Gasteiger partial charge in [-0.15, -0.1) is 0 Å². The third-order valence-electron chi connectivity index (χ3n) is 3.96. The summed E-state index contributed by atoms with van der Waals surface area (Å²) >= 11 is 0. The predicted molar refractivity (Wildman–Crippen MR) is 66.5 cm³/mol. The molecule has 7 heteroatoms. The molecule has 0 aromatic rings. The molecule has 2 heterocycles. The fourth-order valence-electron chi connectivity index (χ4n) is 2.41. The molecule has 19 heavy (non-hydrogen) atoms. The summed E-state index contributed by atoms with van der Waals surface area (Å²) in [5.41, 5.74) is -0.740. The van der Waals surface area contributed by atoms with Gasteiger partial charge in [0.05, 0.1) is 5.41 Å². The number of hydrogen-bond acceptors (Lipinski definition) is 3. The van der Waals surface area contributed by atoms with E-state index in [4.69, 9.17) is 5.11 Å². The van der Waals surface area contributed by atoms with Crippen molar-refractivity contribution in [1.82, 2.24) is 15.1 Å². The molecular weight excluding hydrogens is 250 g/mol. The SMILES string of the molecule is CC1(C(=O)O)CCN(C(=O)N2CCNC(=O)C2)CC1. The van der Waals surface area contributed by atoms with E-state index in [0.29, 0.717) is 39.0 Å². The highest BCUT2D eigenvalue weighted by Crippen LogP contribution is 2.31. The van der Waals surface area contributed by atoms with E-state index in [9.17, 15) is 14.4 Å². The average Bonchev–Trinajstić information content (AvgIpc) is 2.38. The zero-order valence-corrected chi connectivity index (χ0v) is 11.0. The Morgan fingerprint density at radius 1 is 1.21 bits per heavy atom. The monoisotopic (exact) mass is 269 g/mol. The van der Waals surface area contributed by atoms with Crippen molar-refractivity contribution in [3.63, 3.8) is 0 Å². The van der Waals surface area contributed by atoms with Crippen molar-refractivity contribution in [2.75, 3.05) is 32.7 Å². The topological polar surface area (TPSA) is 89.9 Å². The summed E-state index contributed by atoms with van der Waals surface area (Å²) in [6.07, 6.45) is 0.905. The summed E-state index contributed by atoms with van der Waals surface area (Å²) in [7, 11) is 0. The molecule has 2 saturated heterocycles. The summed E-state index contributed by atoms with van der Waals surface area (Å²) in [6, 6.07) is -0.165. The highest BCUT2D eigenvalue weighted by atomic mass is 16.4. The van der Waals surface area contributed by atoms with Crippen LogP contribution in [0.2, 0.25) is 0 Å². The largest absolute Gasteiger partial charge is 0.481 e. The van der Waals surface area contributed by atoms with Crippen LogP contribution in [0.1, 0.15) is 19.8 Å². The van der Waals surface area contributed by atoms with E-state index in [2.05, 4.69) is 5.32 Å². The lowest BCUT2D eigenvalue weighted by atomic mass is 9.80. The highest BCUT2D eigenvalue weighted by Gasteiger charge is 2.39. The minimum atomic E-state index is -0.808. The van der Waals surface area contributed by atoms with Gasteiger partial charge in [0.15, 0.2) is 0 Å². The van der Waals surface area contributed by atoms with Crippen LogP contribution in [-0.4, -0.2) is 65.5 Å². The van der Waals surface area contributed by atoms with Gasteiger partial charge >= 0.3 is 12.0 Å². The second kappa shape index (κ2) is 5.07. The summed E-state index contributed by atoms with van der Waals surface area (Å²) in [6.45, 7) is 3.65. The predicted octanol–water partition coefficient (Wildman–Crippen LogP) is -0.275. The van der Waals surface area contributed by atoms with Gasteiger partial charge in [-0.25, -0.2) is 4.79 Å². The van der Waals surface area contributed by atoms with E-state index in [-0.39, 0.29) is 18.5 Å². The first-order valence-electron chi connectivity index (χ1n) is 6.46. The van der Waals surface area contributed by atoms with Gasteiger partial charge in [0.25, 0.3) is 0 Å². The lowest BCUT2D eigenvalue weighted by Crippen LogP contribution is -2.56. The number of hydrogen-bond donors (Lipinski definition) is 2. The van der Waals surface area contributed by atoms with Gasteiger partial charge in [0.2, 0.25) is 5.91 Å². The van der Waals surface area contributed by atoms with Gasteiger partial charge in [0.1, 0.15) is 6.54 Å². The number of carboxylic acids is 1. The molecule has 0 spiro atoms. The van der Waals surface area contributed by atoms with Crippen molar-refractivity contribution in [1.29, 1.82) is 0 Å². The number of urea groups is 1. The number of carbonyl (C=O) groups is 3. The maximum absolute atomic E-state index is 12.2. The molecule has 0 unspecified atom stereocenters. The lowest BCUT2D eigenvalue weighted by molar-refractivity contribution is -0.150. The number of piperidine rings is 1. The van der Waals surface area contributed by atoms with E-state index in [1.54, 1.807) is 11.8 Å². The third-order valence-corrected chi connectivity index (χ3v) is 3.96. The van der Waals surface area contributed by atoms with Crippen LogP contribution in [0.5, 0.6) is 0 Å². The van der Waals surface area contributed by atoms with Gasteiger partial charge in [0, 0.05) is 26.2 Å². The first-order chi connectivity index (χ1) is 8.92. The molecule has 0 aromatic heterocycles. The summed E-state index contributed by atoms with van der Waals surface area (Å²) in [5, 5.41) is 11.8. The van der Waals surface area contributed by atoms with Crippen molar-refractivity contribution in [3.05, 3.63) is 0 Å². The molecular formula is C12H19N3O4. The number of nitrogens with one attached hydrogen (secondary N) is 1. The molecule has 2 aliphatic heterocycles. The lowest BCUT2D eigenvalue weighted by Gasteiger charge is -2.39. The first kappa shape index (κ1) is 13.6. The normalized spacial score (nSPS) is 22.9. The number of aliphatic carboxylic acids is 1. The number of amides is 3. The molecule has 106 valence electrons. The summed E-state index contributed by atoms with van der Waals surface area (Å²) in [4.78, 5) is 37.7. The molecule has 2 aliphatic rings. The van der Waals surface area contributed by atoms with E-state index < -0.39 is 11.4 Å². The molecule has 0 aromatic carbocycles. The second-order valence-corrected chi connectivity index (χ2v) is 5.41. The van der Waals surface area contributed by atoms with Gasteiger partial charge in [-0.05, 0) is 19.8 Å².